The molecule has 1 aliphatic rings. The summed E-state index contributed by atoms with van der Waals surface area (Å²) in [6, 6.07) is 11.3. The number of nitrogens with zero attached hydrogens (tertiary/aromatic N) is 2. The second kappa shape index (κ2) is 7.49. The van der Waals surface area contributed by atoms with E-state index in [1.165, 1.54) is 13.1 Å². The van der Waals surface area contributed by atoms with Gasteiger partial charge in [-0.2, -0.15) is 16.9 Å². The van der Waals surface area contributed by atoms with Crippen LogP contribution in [-0.2, 0) is 19.6 Å². The maximum atomic E-state index is 13.2. The summed E-state index contributed by atoms with van der Waals surface area (Å²) in [7, 11) is -2.58. The minimum absolute atomic E-state index is 0.0928. The average molecular weight is 409 g/mol. The van der Waals surface area contributed by atoms with Crippen molar-refractivity contribution in [3.05, 3.63) is 42.5 Å². The molecule has 144 valence electrons. The zero-order chi connectivity index (χ0) is 19.8. The lowest BCUT2D eigenvalue weighted by atomic mass is 10.1. The van der Waals surface area contributed by atoms with Crippen LogP contribution in [0.3, 0.4) is 0 Å². The zero-order valence-corrected chi connectivity index (χ0v) is 16.4. The average Bonchev–Trinajstić information content (AvgIpc) is 3.02. The van der Waals surface area contributed by atoms with E-state index >= 15 is 0 Å². The lowest BCUT2D eigenvalue weighted by Crippen LogP contribution is -2.47. The second-order valence-corrected chi connectivity index (χ2v) is 9.20. The molecular weight excluding hydrogens is 388 g/mol. The number of sulfonamides is 1. The molecule has 9 heteroatoms. The van der Waals surface area contributed by atoms with Gasteiger partial charge in [-0.15, -0.1) is 0 Å². The number of carbonyl (C=O) groups excluding carboxylic acids is 1. The highest BCUT2D eigenvalue weighted by Gasteiger charge is 2.44. The number of carboxylic acids is 1. The van der Waals surface area contributed by atoms with Gasteiger partial charge >= 0.3 is 5.97 Å². The van der Waals surface area contributed by atoms with Gasteiger partial charge in [0.25, 0.3) is 0 Å². The summed E-state index contributed by atoms with van der Waals surface area (Å²) in [4.78, 5) is 24.7. The molecule has 1 saturated heterocycles. The Morgan fingerprint density at radius 1 is 1.22 bits per heavy atom. The number of benzene rings is 2. The number of carbonyl (C=O) groups is 2. The van der Waals surface area contributed by atoms with Crippen LogP contribution in [0, 0.1) is 0 Å². The van der Waals surface area contributed by atoms with E-state index in [0.717, 1.165) is 20.0 Å². The van der Waals surface area contributed by atoms with Crippen molar-refractivity contribution in [2.75, 3.05) is 20.1 Å². The fourth-order valence-electron chi connectivity index (χ4n) is 3.27. The van der Waals surface area contributed by atoms with Crippen molar-refractivity contribution < 1.29 is 23.1 Å². The smallest absolute Gasteiger partial charge is 0.323 e. The minimum Gasteiger partial charge on any atom is -0.480 e. The fourth-order valence-corrected chi connectivity index (χ4v) is 5.43. The molecule has 0 spiro atoms. The summed E-state index contributed by atoms with van der Waals surface area (Å²) in [6.45, 7) is -0.397. The number of hydrogen-bond donors (Lipinski definition) is 2. The van der Waals surface area contributed by atoms with Crippen molar-refractivity contribution in [1.82, 2.24) is 9.21 Å². The number of amides is 1. The number of carboxylic acid groups (broad SMARTS) is 1. The van der Waals surface area contributed by atoms with Crippen molar-refractivity contribution >= 4 is 45.3 Å². The van der Waals surface area contributed by atoms with Crippen LogP contribution in [0.2, 0.25) is 0 Å². The highest BCUT2D eigenvalue weighted by atomic mass is 32.2. The first-order valence-corrected chi connectivity index (χ1v) is 10.3. The monoisotopic (exact) mass is 408 g/mol. The molecule has 0 bridgehead atoms. The molecule has 0 aromatic heterocycles. The van der Waals surface area contributed by atoms with E-state index in [1.54, 1.807) is 12.1 Å². The van der Waals surface area contributed by atoms with Crippen molar-refractivity contribution in [2.24, 2.45) is 0 Å². The number of thiol groups is 1. The molecule has 1 fully saturated rings. The van der Waals surface area contributed by atoms with E-state index in [2.05, 4.69) is 12.6 Å². The quantitative estimate of drug-likeness (QED) is 0.730. The van der Waals surface area contributed by atoms with Gasteiger partial charge in [0.2, 0.25) is 15.9 Å². The van der Waals surface area contributed by atoms with Crippen LogP contribution < -0.4 is 0 Å². The predicted molar refractivity (Wildman–Crippen MR) is 104 cm³/mol. The Balaban J connectivity index is 1.95. The molecule has 2 aromatic rings. The van der Waals surface area contributed by atoms with Gasteiger partial charge in [0.15, 0.2) is 0 Å². The largest absolute Gasteiger partial charge is 0.480 e. The second-order valence-electron chi connectivity index (χ2n) is 6.58. The molecule has 0 radical (unpaired) electrons. The van der Waals surface area contributed by atoms with Crippen LogP contribution >= 0.6 is 12.6 Å². The van der Waals surface area contributed by atoms with Crippen LogP contribution in [0.1, 0.15) is 6.42 Å². The lowest BCUT2D eigenvalue weighted by Gasteiger charge is -2.26. The summed E-state index contributed by atoms with van der Waals surface area (Å²) < 4.78 is 27.5. The molecule has 1 heterocycles. The van der Waals surface area contributed by atoms with Crippen LogP contribution in [-0.4, -0.2) is 66.0 Å². The van der Waals surface area contributed by atoms with Crippen molar-refractivity contribution in [3.8, 4) is 0 Å². The first-order chi connectivity index (χ1) is 12.7. The molecule has 0 saturated carbocycles. The molecular formula is C18H20N2O5S2. The summed E-state index contributed by atoms with van der Waals surface area (Å²) in [5.74, 6) is -1.70. The van der Waals surface area contributed by atoms with Gasteiger partial charge < -0.3 is 10.0 Å². The Morgan fingerprint density at radius 2 is 1.89 bits per heavy atom. The predicted octanol–water partition coefficient (Wildman–Crippen LogP) is 1.44. The third kappa shape index (κ3) is 3.95. The van der Waals surface area contributed by atoms with Crippen molar-refractivity contribution in [3.63, 3.8) is 0 Å². The van der Waals surface area contributed by atoms with Gasteiger partial charge in [0.05, 0.1) is 4.90 Å². The van der Waals surface area contributed by atoms with Gasteiger partial charge in [0, 0.05) is 18.8 Å². The van der Waals surface area contributed by atoms with E-state index in [1.807, 2.05) is 24.3 Å². The standard InChI is InChI=1S/C18H20N2O5S2/c1-19(11-17(21)22)18(23)16-9-14(26)10-20(16)27(24,25)15-7-6-12-4-2-3-5-13(12)8-15/h2-8,14,16,26H,9-11H2,1H3,(H,21,22). The number of fused-ring (bicyclic) bond motifs is 1. The Labute approximate surface area is 163 Å². The van der Waals surface area contributed by atoms with Gasteiger partial charge in [-0.1, -0.05) is 30.3 Å². The number of likely N-dealkylation sites (N-methyl/N-ethyl adjacent to an activating group) is 1. The summed E-state index contributed by atoms with van der Waals surface area (Å²) in [5, 5.41) is 10.3. The van der Waals surface area contributed by atoms with E-state index in [0.29, 0.717) is 0 Å². The van der Waals surface area contributed by atoms with E-state index in [4.69, 9.17) is 5.11 Å². The van der Waals surface area contributed by atoms with Gasteiger partial charge in [0.1, 0.15) is 12.6 Å². The maximum Gasteiger partial charge on any atom is 0.323 e. The van der Waals surface area contributed by atoms with Crippen LogP contribution in [0.5, 0.6) is 0 Å². The highest BCUT2D eigenvalue weighted by Crippen LogP contribution is 2.31. The Kier molecular flexibility index (Phi) is 5.45. The molecule has 0 aliphatic carbocycles. The van der Waals surface area contributed by atoms with Gasteiger partial charge in [-0.3, -0.25) is 9.59 Å². The lowest BCUT2D eigenvalue weighted by molar-refractivity contribution is -0.144. The summed E-state index contributed by atoms with van der Waals surface area (Å²) >= 11 is 4.35. The molecule has 2 atom stereocenters. The molecule has 1 N–H and O–H groups in total. The first-order valence-electron chi connectivity index (χ1n) is 8.35. The maximum absolute atomic E-state index is 13.2. The molecule has 1 amide bonds. The number of hydrogen-bond acceptors (Lipinski definition) is 5. The molecule has 2 unspecified atom stereocenters. The topological polar surface area (TPSA) is 95.0 Å². The van der Waals surface area contributed by atoms with Crippen LogP contribution in [0.4, 0.5) is 0 Å². The van der Waals surface area contributed by atoms with E-state index < -0.39 is 34.5 Å². The number of aliphatic carboxylic acids is 1. The molecule has 27 heavy (non-hydrogen) atoms. The minimum atomic E-state index is -3.93. The normalized spacial score (nSPS) is 20.7. The Bertz CT molecular complexity index is 992. The summed E-state index contributed by atoms with van der Waals surface area (Å²) in [5.41, 5.74) is 0. The van der Waals surface area contributed by atoms with E-state index in [9.17, 15) is 18.0 Å². The van der Waals surface area contributed by atoms with Crippen molar-refractivity contribution in [2.45, 2.75) is 22.6 Å². The Morgan fingerprint density at radius 3 is 2.56 bits per heavy atom. The van der Waals surface area contributed by atoms with E-state index in [-0.39, 0.29) is 23.1 Å². The molecule has 1 aliphatic heterocycles. The highest BCUT2D eigenvalue weighted by molar-refractivity contribution is 7.89. The molecule has 3 rings (SSSR count). The zero-order valence-electron chi connectivity index (χ0n) is 14.6. The molecule has 2 aromatic carbocycles. The third-order valence-corrected chi connectivity index (χ3v) is 6.84. The SMILES string of the molecule is CN(CC(=O)O)C(=O)C1CC(S)CN1S(=O)(=O)c1ccc2ccccc2c1. The third-order valence-electron chi connectivity index (χ3n) is 4.59. The number of rotatable bonds is 5. The van der Waals surface area contributed by atoms with Gasteiger partial charge in [-0.25, -0.2) is 8.42 Å². The van der Waals surface area contributed by atoms with Crippen LogP contribution in [0.25, 0.3) is 10.8 Å². The van der Waals surface area contributed by atoms with Crippen LogP contribution in [0.15, 0.2) is 47.4 Å². The molecule has 7 nitrogen and oxygen atoms in total. The van der Waals surface area contributed by atoms with Gasteiger partial charge in [-0.05, 0) is 29.3 Å². The summed E-state index contributed by atoms with van der Waals surface area (Å²) in [6.07, 6.45) is 0.235. The fraction of sp³-hybridized carbons (Fsp3) is 0.333. The first kappa shape index (κ1) is 19.7. The van der Waals surface area contributed by atoms with Crippen molar-refractivity contribution in [1.29, 1.82) is 0 Å². The Hall–Kier alpha value is -2.10.